The number of hydrogen-bond donors (Lipinski definition) is 1. The van der Waals surface area contributed by atoms with E-state index >= 15 is 0 Å². The Kier molecular flexibility index (Phi) is 1.99. The third kappa shape index (κ3) is 1.32. The Morgan fingerprint density at radius 1 is 1.31 bits per heavy atom. The Bertz CT molecular complexity index is 491. The molecule has 0 unspecified atom stereocenters. The number of carbonyl (C=O) groups is 1. The standard InChI is InChI=1S/C13H13NO2/c15-13(16)11-7-10-4-1-3-9-5-2-6-14(8-11)12(9)10/h1,3-4,8H,2,5-7H2,(H,15,16). The lowest BCUT2D eigenvalue weighted by Crippen LogP contribution is -2.30. The van der Waals surface area contributed by atoms with E-state index in [2.05, 4.69) is 11.0 Å². The van der Waals surface area contributed by atoms with Gasteiger partial charge in [0.2, 0.25) is 0 Å². The van der Waals surface area contributed by atoms with Crippen LogP contribution in [0, 0.1) is 0 Å². The summed E-state index contributed by atoms with van der Waals surface area (Å²) in [4.78, 5) is 13.1. The maximum Gasteiger partial charge on any atom is 0.333 e. The number of rotatable bonds is 1. The first kappa shape index (κ1) is 9.46. The number of carboxylic acids is 1. The van der Waals surface area contributed by atoms with E-state index in [9.17, 15) is 4.79 Å². The monoisotopic (exact) mass is 215 g/mol. The normalized spacial score (nSPS) is 17.8. The number of carboxylic acid groups (broad SMARTS) is 1. The van der Waals surface area contributed by atoms with E-state index in [0.29, 0.717) is 12.0 Å². The molecule has 1 aromatic rings. The molecule has 1 N–H and O–H groups in total. The summed E-state index contributed by atoms with van der Waals surface area (Å²) in [6.45, 7) is 0.931. The van der Waals surface area contributed by atoms with Gasteiger partial charge in [-0.15, -0.1) is 0 Å². The molecule has 3 heteroatoms. The highest BCUT2D eigenvalue weighted by Gasteiger charge is 2.25. The van der Waals surface area contributed by atoms with E-state index in [1.165, 1.54) is 11.3 Å². The van der Waals surface area contributed by atoms with Crippen molar-refractivity contribution in [2.45, 2.75) is 19.3 Å². The predicted molar refractivity (Wildman–Crippen MR) is 61.5 cm³/mol. The minimum atomic E-state index is -0.804. The fourth-order valence-electron chi connectivity index (χ4n) is 2.61. The fourth-order valence-corrected chi connectivity index (χ4v) is 2.61. The van der Waals surface area contributed by atoms with E-state index in [-0.39, 0.29) is 0 Å². The van der Waals surface area contributed by atoms with Crippen LogP contribution in [0.4, 0.5) is 5.69 Å². The van der Waals surface area contributed by atoms with Crippen molar-refractivity contribution >= 4 is 11.7 Å². The van der Waals surface area contributed by atoms with Crippen molar-refractivity contribution in [2.24, 2.45) is 0 Å². The van der Waals surface area contributed by atoms with Crippen molar-refractivity contribution in [1.29, 1.82) is 0 Å². The van der Waals surface area contributed by atoms with Gasteiger partial charge in [-0.05, 0) is 24.0 Å². The lowest BCUT2D eigenvalue weighted by Gasteiger charge is -2.34. The maximum absolute atomic E-state index is 11.0. The van der Waals surface area contributed by atoms with Gasteiger partial charge in [0.25, 0.3) is 0 Å². The van der Waals surface area contributed by atoms with Crippen LogP contribution in [0.1, 0.15) is 17.5 Å². The molecule has 1 aromatic carbocycles. The smallest absolute Gasteiger partial charge is 0.333 e. The topological polar surface area (TPSA) is 40.5 Å². The third-order valence-electron chi connectivity index (χ3n) is 3.30. The van der Waals surface area contributed by atoms with E-state index in [0.717, 1.165) is 24.9 Å². The van der Waals surface area contributed by atoms with Crippen LogP contribution in [0.15, 0.2) is 30.0 Å². The average molecular weight is 215 g/mol. The number of nitrogens with zero attached hydrogens (tertiary/aromatic N) is 1. The van der Waals surface area contributed by atoms with Crippen LogP contribution >= 0.6 is 0 Å². The highest BCUT2D eigenvalue weighted by Crippen LogP contribution is 2.35. The molecule has 0 spiro atoms. The van der Waals surface area contributed by atoms with E-state index in [1.807, 2.05) is 12.1 Å². The Hall–Kier alpha value is -1.77. The van der Waals surface area contributed by atoms with Crippen LogP contribution < -0.4 is 4.90 Å². The molecule has 3 nitrogen and oxygen atoms in total. The summed E-state index contributed by atoms with van der Waals surface area (Å²) in [6, 6.07) is 6.21. The molecular formula is C13H13NO2. The van der Waals surface area contributed by atoms with Gasteiger partial charge in [0.15, 0.2) is 0 Å². The number of aliphatic carboxylic acids is 1. The van der Waals surface area contributed by atoms with Crippen LogP contribution in [0.3, 0.4) is 0 Å². The Morgan fingerprint density at radius 3 is 2.94 bits per heavy atom. The predicted octanol–water partition coefficient (Wildman–Crippen LogP) is 1.96. The summed E-state index contributed by atoms with van der Waals surface area (Å²) in [6.07, 6.45) is 4.55. The molecule has 0 aromatic heterocycles. The zero-order valence-electron chi connectivity index (χ0n) is 8.94. The molecule has 2 heterocycles. The Balaban J connectivity index is 2.13. The molecule has 0 fully saturated rings. The molecule has 0 radical (unpaired) electrons. The fraction of sp³-hybridized carbons (Fsp3) is 0.308. The lowest BCUT2D eigenvalue weighted by atomic mass is 9.92. The summed E-state index contributed by atoms with van der Waals surface area (Å²) in [5.41, 5.74) is 4.24. The number of hydrogen-bond acceptors (Lipinski definition) is 2. The van der Waals surface area contributed by atoms with E-state index in [4.69, 9.17) is 5.11 Å². The second kappa shape index (κ2) is 3.37. The molecule has 3 rings (SSSR count). The van der Waals surface area contributed by atoms with Crippen molar-refractivity contribution in [3.05, 3.63) is 41.1 Å². The number of anilines is 1. The molecule has 2 aliphatic rings. The molecule has 0 bridgehead atoms. The van der Waals surface area contributed by atoms with Crippen molar-refractivity contribution in [1.82, 2.24) is 0 Å². The molecule has 16 heavy (non-hydrogen) atoms. The first-order chi connectivity index (χ1) is 7.75. The van der Waals surface area contributed by atoms with E-state index in [1.54, 1.807) is 6.20 Å². The second-order valence-electron chi connectivity index (χ2n) is 4.36. The maximum atomic E-state index is 11.0. The van der Waals surface area contributed by atoms with Crippen LogP contribution in [-0.2, 0) is 17.6 Å². The first-order valence-corrected chi connectivity index (χ1v) is 5.57. The largest absolute Gasteiger partial charge is 0.478 e. The number of benzene rings is 1. The van der Waals surface area contributed by atoms with Gasteiger partial charge in [0, 0.05) is 24.9 Å². The van der Waals surface area contributed by atoms with Crippen LogP contribution in [-0.4, -0.2) is 17.6 Å². The summed E-state index contributed by atoms with van der Waals surface area (Å²) < 4.78 is 0. The average Bonchev–Trinajstić information content (AvgIpc) is 2.29. The zero-order valence-corrected chi connectivity index (χ0v) is 8.94. The molecular weight excluding hydrogens is 202 g/mol. The Labute approximate surface area is 94.0 Å². The van der Waals surface area contributed by atoms with Crippen LogP contribution in [0.2, 0.25) is 0 Å². The summed E-state index contributed by atoms with van der Waals surface area (Å²) in [7, 11) is 0. The molecule has 0 saturated heterocycles. The van der Waals surface area contributed by atoms with Gasteiger partial charge >= 0.3 is 5.97 Å². The minimum absolute atomic E-state index is 0.492. The minimum Gasteiger partial charge on any atom is -0.478 e. The van der Waals surface area contributed by atoms with Crippen molar-refractivity contribution < 1.29 is 9.90 Å². The molecule has 0 amide bonds. The van der Waals surface area contributed by atoms with Crippen LogP contribution in [0.5, 0.6) is 0 Å². The van der Waals surface area contributed by atoms with Crippen molar-refractivity contribution in [2.75, 3.05) is 11.4 Å². The Morgan fingerprint density at radius 2 is 2.12 bits per heavy atom. The third-order valence-corrected chi connectivity index (χ3v) is 3.30. The molecule has 0 saturated carbocycles. The summed E-state index contributed by atoms with van der Waals surface area (Å²) in [5, 5.41) is 9.07. The highest BCUT2D eigenvalue weighted by atomic mass is 16.4. The van der Waals surface area contributed by atoms with Gasteiger partial charge in [-0.3, -0.25) is 0 Å². The summed E-state index contributed by atoms with van der Waals surface area (Å²) >= 11 is 0. The van der Waals surface area contributed by atoms with Gasteiger partial charge in [-0.25, -0.2) is 4.79 Å². The van der Waals surface area contributed by atoms with Gasteiger partial charge < -0.3 is 10.0 Å². The highest BCUT2D eigenvalue weighted by molar-refractivity contribution is 5.89. The first-order valence-electron chi connectivity index (χ1n) is 5.57. The lowest BCUT2D eigenvalue weighted by molar-refractivity contribution is -0.132. The van der Waals surface area contributed by atoms with Gasteiger partial charge in [-0.2, -0.15) is 0 Å². The number of aryl methyl sites for hydroxylation is 1. The second-order valence-corrected chi connectivity index (χ2v) is 4.36. The van der Waals surface area contributed by atoms with Gasteiger partial charge in [0.1, 0.15) is 0 Å². The zero-order chi connectivity index (χ0) is 11.1. The van der Waals surface area contributed by atoms with E-state index < -0.39 is 5.97 Å². The molecule has 0 aliphatic carbocycles. The molecule has 0 atom stereocenters. The van der Waals surface area contributed by atoms with Crippen molar-refractivity contribution in [3.8, 4) is 0 Å². The van der Waals surface area contributed by atoms with Crippen molar-refractivity contribution in [3.63, 3.8) is 0 Å². The molecule has 2 aliphatic heterocycles. The summed E-state index contributed by atoms with van der Waals surface area (Å²) in [5.74, 6) is -0.804. The number of para-hydroxylation sites is 1. The molecule has 82 valence electrons. The quantitative estimate of drug-likeness (QED) is 0.778. The SMILES string of the molecule is O=C(O)C1=CN2CCCc3cccc(c32)C1. The van der Waals surface area contributed by atoms with Gasteiger partial charge in [-0.1, -0.05) is 18.2 Å². The van der Waals surface area contributed by atoms with Gasteiger partial charge in [0.05, 0.1) is 5.57 Å². The van der Waals surface area contributed by atoms with Crippen LogP contribution in [0.25, 0.3) is 0 Å².